The molecule has 0 spiro atoms. The van der Waals surface area contributed by atoms with Crippen molar-refractivity contribution in [3.05, 3.63) is 23.8 Å². The zero-order valence-electron chi connectivity index (χ0n) is 15.4. The van der Waals surface area contributed by atoms with E-state index >= 15 is 0 Å². The van der Waals surface area contributed by atoms with Gasteiger partial charge in [-0.15, -0.1) is 0 Å². The number of benzene rings is 1. The smallest absolute Gasteiger partial charge is 0.344 e. The topological polar surface area (TPSA) is 102 Å². The molecule has 1 aromatic rings. The fraction of sp³-hybridized carbons (Fsp3) is 0.500. The molecule has 10 heteroatoms. The van der Waals surface area contributed by atoms with Gasteiger partial charge in [0.05, 0.1) is 12.3 Å². The van der Waals surface area contributed by atoms with Crippen LogP contribution in [0.25, 0.3) is 0 Å². The van der Waals surface area contributed by atoms with Gasteiger partial charge in [-0.3, -0.25) is 4.79 Å². The molecule has 0 unspecified atom stereocenters. The molecule has 1 amide bonds. The fourth-order valence-corrected chi connectivity index (χ4v) is 4.24. The first-order valence-electron chi connectivity index (χ1n) is 8.20. The highest BCUT2D eigenvalue weighted by molar-refractivity contribution is 7.92. The highest BCUT2D eigenvalue weighted by atomic mass is 32.2. The van der Waals surface area contributed by atoms with Crippen LogP contribution in [0.4, 0.5) is 5.69 Å². The molecule has 0 bridgehead atoms. The SMILES string of the molecule is Cc1cc(OCC(=O)OCC[Si](C)(C)C)ccc1N1CC(=O)NS1(=O)=O. The van der Waals surface area contributed by atoms with Crippen LogP contribution in [0.1, 0.15) is 5.56 Å². The van der Waals surface area contributed by atoms with Gasteiger partial charge in [0, 0.05) is 8.07 Å². The van der Waals surface area contributed by atoms with Gasteiger partial charge in [-0.2, -0.15) is 8.42 Å². The Morgan fingerprint density at radius 2 is 2.00 bits per heavy atom. The van der Waals surface area contributed by atoms with Gasteiger partial charge >= 0.3 is 16.2 Å². The summed E-state index contributed by atoms with van der Waals surface area (Å²) in [4.78, 5) is 23.1. The summed E-state index contributed by atoms with van der Waals surface area (Å²) in [7, 11) is -5.11. The molecule has 1 aromatic carbocycles. The van der Waals surface area contributed by atoms with Gasteiger partial charge in [-0.05, 0) is 36.7 Å². The molecule has 0 aromatic heterocycles. The van der Waals surface area contributed by atoms with Gasteiger partial charge in [0.2, 0.25) is 0 Å². The van der Waals surface area contributed by atoms with Crippen molar-refractivity contribution in [3.8, 4) is 5.75 Å². The largest absolute Gasteiger partial charge is 0.482 e. The molecule has 2 rings (SSSR count). The summed E-state index contributed by atoms with van der Waals surface area (Å²) >= 11 is 0. The molecule has 0 saturated carbocycles. The quantitative estimate of drug-likeness (QED) is 0.549. The number of aryl methyl sites for hydroxylation is 1. The first kappa shape index (κ1) is 20.2. The van der Waals surface area contributed by atoms with Gasteiger partial charge in [0.15, 0.2) is 6.61 Å². The molecule has 0 aliphatic carbocycles. The van der Waals surface area contributed by atoms with Crippen LogP contribution < -0.4 is 13.8 Å². The highest BCUT2D eigenvalue weighted by Gasteiger charge is 2.34. The number of rotatable bonds is 7. The second-order valence-corrected chi connectivity index (χ2v) is 14.5. The van der Waals surface area contributed by atoms with E-state index in [1.807, 2.05) is 4.72 Å². The lowest BCUT2D eigenvalue weighted by Gasteiger charge is -2.18. The highest BCUT2D eigenvalue weighted by Crippen LogP contribution is 2.28. The van der Waals surface area contributed by atoms with Crippen LogP contribution in [-0.4, -0.2) is 48.1 Å². The standard InChI is InChI=1S/C16H24N2O6SSi/c1-12-9-13(24-11-16(20)23-7-8-26(2,3)4)5-6-14(12)18-10-15(19)17-25(18,21)22/h5-6,9H,7-8,10-11H2,1-4H3,(H,17,19). The average molecular weight is 401 g/mol. The summed E-state index contributed by atoms with van der Waals surface area (Å²) in [5.74, 6) is -0.600. The van der Waals surface area contributed by atoms with Crippen molar-refractivity contribution in [3.63, 3.8) is 0 Å². The van der Waals surface area contributed by atoms with Crippen LogP contribution in [0.5, 0.6) is 5.75 Å². The Labute approximate surface area is 154 Å². The summed E-state index contributed by atoms with van der Waals surface area (Å²) in [5.41, 5.74) is 0.989. The minimum absolute atomic E-state index is 0.216. The predicted octanol–water partition coefficient (Wildman–Crippen LogP) is 1.44. The van der Waals surface area contributed by atoms with Gasteiger partial charge in [0.25, 0.3) is 5.91 Å². The number of amides is 1. The third-order valence-corrected chi connectivity index (χ3v) is 6.82. The van der Waals surface area contributed by atoms with E-state index in [1.54, 1.807) is 25.1 Å². The maximum atomic E-state index is 11.9. The van der Waals surface area contributed by atoms with Gasteiger partial charge in [-0.25, -0.2) is 13.8 Å². The summed E-state index contributed by atoms with van der Waals surface area (Å²) in [6.45, 7) is 8.22. The normalized spacial score (nSPS) is 16.3. The molecule has 1 fully saturated rings. The average Bonchev–Trinajstić information content (AvgIpc) is 2.76. The number of carbonyl (C=O) groups is 2. The van der Waals surface area contributed by atoms with Crippen molar-refractivity contribution in [2.24, 2.45) is 0 Å². The van der Waals surface area contributed by atoms with Crippen molar-refractivity contribution in [1.29, 1.82) is 0 Å². The number of esters is 1. The minimum Gasteiger partial charge on any atom is -0.482 e. The van der Waals surface area contributed by atoms with Gasteiger partial charge < -0.3 is 9.47 Å². The monoisotopic (exact) mass is 400 g/mol. The third kappa shape index (κ3) is 5.46. The Morgan fingerprint density at radius 3 is 2.54 bits per heavy atom. The van der Waals surface area contributed by atoms with Crippen molar-refractivity contribution < 1.29 is 27.5 Å². The van der Waals surface area contributed by atoms with Gasteiger partial charge in [0.1, 0.15) is 12.3 Å². The molecule has 1 aliphatic heterocycles. The summed E-state index contributed by atoms with van der Waals surface area (Å²) in [5, 5.41) is 0. The lowest BCUT2D eigenvalue weighted by molar-refractivity contribution is -0.145. The molecule has 1 N–H and O–H groups in total. The van der Waals surface area contributed by atoms with Gasteiger partial charge in [-0.1, -0.05) is 19.6 Å². The molecule has 144 valence electrons. The van der Waals surface area contributed by atoms with E-state index in [9.17, 15) is 18.0 Å². The lowest BCUT2D eigenvalue weighted by atomic mass is 10.2. The Hall–Kier alpha value is -2.07. The predicted molar refractivity (Wildman–Crippen MR) is 100 cm³/mol. The van der Waals surface area contributed by atoms with E-state index in [0.29, 0.717) is 23.6 Å². The van der Waals surface area contributed by atoms with Crippen LogP contribution >= 0.6 is 0 Å². The third-order valence-electron chi connectivity index (χ3n) is 3.73. The molecule has 1 saturated heterocycles. The number of carbonyl (C=O) groups excluding carboxylic acids is 2. The summed E-state index contributed by atoms with van der Waals surface area (Å²) in [6, 6.07) is 5.60. The fourth-order valence-electron chi connectivity index (χ4n) is 2.31. The molecular weight excluding hydrogens is 376 g/mol. The first-order valence-corrected chi connectivity index (χ1v) is 13.3. The second-order valence-electron chi connectivity index (χ2n) is 7.31. The van der Waals surface area contributed by atoms with Crippen LogP contribution in [0, 0.1) is 6.92 Å². The lowest BCUT2D eigenvalue weighted by Crippen LogP contribution is -2.30. The van der Waals surface area contributed by atoms with Crippen molar-refractivity contribution in [2.75, 3.05) is 24.1 Å². The molecule has 1 aliphatic rings. The van der Waals surface area contributed by atoms with E-state index in [0.717, 1.165) is 10.3 Å². The number of hydrogen-bond donors (Lipinski definition) is 1. The van der Waals surface area contributed by atoms with Crippen LogP contribution in [-0.2, 0) is 24.5 Å². The van der Waals surface area contributed by atoms with Crippen molar-refractivity contribution in [1.82, 2.24) is 4.72 Å². The molecule has 1 heterocycles. The first-order chi connectivity index (χ1) is 12.0. The van der Waals surface area contributed by atoms with E-state index in [4.69, 9.17) is 9.47 Å². The van der Waals surface area contributed by atoms with E-state index in [2.05, 4.69) is 19.6 Å². The zero-order valence-corrected chi connectivity index (χ0v) is 17.2. The number of hydrogen-bond acceptors (Lipinski definition) is 6. The zero-order chi connectivity index (χ0) is 19.5. The van der Waals surface area contributed by atoms with E-state index < -0.39 is 30.2 Å². The molecular formula is C16H24N2O6SSi. The van der Waals surface area contributed by atoms with E-state index in [1.165, 1.54) is 0 Å². The summed E-state index contributed by atoms with van der Waals surface area (Å²) in [6.07, 6.45) is 0. The number of nitrogens with one attached hydrogen (secondary N) is 1. The van der Waals surface area contributed by atoms with Crippen LogP contribution in [0.2, 0.25) is 25.7 Å². The van der Waals surface area contributed by atoms with Crippen LogP contribution in [0.3, 0.4) is 0 Å². The Bertz CT molecular complexity index is 803. The Kier molecular flexibility index (Phi) is 5.97. The molecule has 0 radical (unpaired) electrons. The minimum atomic E-state index is -3.85. The Morgan fingerprint density at radius 1 is 1.31 bits per heavy atom. The molecule has 8 nitrogen and oxygen atoms in total. The second kappa shape index (κ2) is 7.66. The Balaban J connectivity index is 1.94. The van der Waals surface area contributed by atoms with E-state index in [-0.39, 0.29) is 13.2 Å². The van der Waals surface area contributed by atoms with Crippen molar-refractivity contribution in [2.45, 2.75) is 32.6 Å². The number of anilines is 1. The molecule has 26 heavy (non-hydrogen) atoms. The van der Waals surface area contributed by atoms with Crippen molar-refractivity contribution >= 4 is 35.8 Å². The molecule has 0 atom stereocenters. The maximum Gasteiger partial charge on any atom is 0.344 e. The number of nitrogens with zero attached hydrogens (tertiary/aromatic N) is 1. The summed E-state index contributed by atoms with van der Waals surface area (Å²) < 4.78 is 37.3. The number of ether oxygens (including phenoxy) is 2. The van der Waals surface area contributed by atoms with Crippen LogP contribution in [0.15, 0.2) is 18.2 Å². The maximum absolute atomic E-state index is 11.9.